The lowest BCUT2D eigenvalue weighted by molar-refractivity contribution is 0.913. The summed E-state index contributed by atoms with van der Waals surface area (Å²) in [6.07, 6.45) is 5.39. The minimum atomic E-state index is 1.75. The van der Waals surface area contributed by atoms with Gasteiger partial charge in [0.05, 0.1) is 6.33 Å². The van der Waals surface area contributed by atoms with Crippen LogP contribution in [0.4, 0.5) is 0 Å². The average Bonchev–Trinajstić information content (AvgIpc) is 2.24. The van der Waals surface area contributed by atoms with E-state index in [0.717, 1.165) is 0 Å². The van der Waals surface area contributed by atoms with Crippen molar-refractivity contribution in [3.63, 3.8) is 0 Å². The molecule has 0 bridgehead atoms. The van der Waals surface area contributed by atoms with Crippen LogP contribution in [0.2, 0.25) is 0 Å². The van der Waals surface area contributed by atoms with E-state index in [9.17, 15) is 0 Å². The third-order valence-electron chi connectivity index (χ3n) is 0.637. The Kier molecular flexibility index (Phi) is 5.05. The number of nitrogens with zero attached hydrogens (tertiary/aromatic N) is 2. The average molecular weight is 224 g/mol. The van der Waals surface area contributed by atoms with Gasteiger partial charge < -0.3 is 4.57 Å². The van der Waals surface area contributed by atoms with Gasteiger partial charge in [-0.15, -0.1) is 0 Å². The minimum absolute atomic E-state index is 1.75. The first-order valence-electron chi connectivity index (χ1n) is 2.19. The Labute approximate surface area is 63.1 Å². The van der Waals surface area contributed by atoms with E-state index in [1.165, 1.54) is 0 Å². The molecule has 0 atom stereocenters. The number of rotatable bonds is 0. The lowest BCUT2D eigenvalue weighted by Crippen LogP contribution is -1.76. The standard InChI is InChI=1S/C4H6N2.CH3I/c1-6-3-2-5-4-6;1-2/h2-4H,1H3;1H3. The summed E-state index contributed by atoms with van der Waals surface area (Å²) in [5.41, 5.74) is 0. The van der Waals surface area contributed by atoms with Gasteiger partial charge >= 0.3 is 0 Å². The number of halogens is 1. The molecule has 46 valence electrons. The second-order valence-corrected chi connectivity index (χ2v) is 1.23. The first-order chi connectivity index (χ1) is 3.89. The summed E-state index contributed by atoms with van der Waals surface area (Å²) in [6, 6.07) is 0. The summed E-state index contributed by atoms with van der Waals surface area (Å²) in [6.45, 7) is 0. The second-order valence-electron chi connectivity index (χ2n) is 1.23. The van der Waals surface area contributed by atoms with Gasteiger partial charge in [-0.25, -0.2) is 4.98 Å². The van der Waals surface area contributed by atoms with Crippen molar-refractivity contribution in [2.45, 2.75) is 0 Å². The monoisotopic (exact) mass is 224 g/mol. The maximum absolute atomic E-state index is 3.78. The topological polar surface area (TPSA) is 17.8 Å². The van der Waals surface area contributed by atoms with Gasteiger partial charge in [0, 0.05) is 19.4 Å². The molecule has 0 spiro atoms. The van der Waals surface area contributed by atoms with Crippen molar-refractivity contribution in [3.8, 4) is 0 Å². The van der Waals surface area contributed by atoms with Crippen LogP contribution in [0, 0.1) is 0 Å². The zero-order valence-corrected chi connectivity index (χ0v) is 7.16. The van der Waals surface area contributed by atoms with Gasteiger partial charge in [0.15, 0.2) is 0 Å². The molecular formula is C5H9IN2. The largest absolute Gasteiger partial charge is 0.341 e. The predicted octanol–water partition coefficient (Wildman–Crippen LogP) is 1.47. The van der Waals surface area contributed by atoms with Crippen LogP contribution in [0.25, 0.3) is 0 Å². The fourth-order valence-corrected chi connectivity index (χ4v) is 0.326. The minimum Gasteiger partial charge on any atom is -0.341 e. The maximum atomic E-state index is 3.78. The van der Waals surface area contributed by atoms with E-state index in [4.69, 9.17) is 0 Å². The van der Waals surface area contributed by atoms with E-state index in [2.05, 4.69) is 27.6 Å². The normalized spacial score (nSPS) is 7.38. The Balaban J connectivity index is 0.000000222. The van der Waals surface area contributed by atoms with Crippen LogP contribution in [0.1, 0.15) is 0 Å². The third kappa shape index (κ3) is 3.01. The highest BCUT2D eigenvalue weighted by Gasteiger charge is 1.69. The first kappa shape index (κ1) is 7.94. The van der Waals surface area contributed by atoms with Gasteiger partial charge in [0.25, 0.3) is 0 Å². The molecule has 0 saturated heterocycles. The van der Waals surface area contributed by atoms with Crippen LogP contribution >= 0.6 is 22.6 Å². The Morgan fingerprint density at radius 1 is 1.50 bits per heavy atom. The van der Waals surface area contributed by atoms with Gasteiger partial charge in [-0.2, -0.15) is 0 Å². The third-order valence-corrected chi connectivity index (χ3v) is 0.637. The molecule has 0 saturated carbocycles. The molecule has 0 fully saturated rings. The van der Waals surface area contributed by atoms with Crippen molar-refractivity contribution >= 4 is 22.6 Å². The van der Waals surface area contributed by atoms with E-state index in [-0.39, 0.29) is 0 Å². The van der Waals surface area contributed by atoms with Crippen molar-refractivity contribution in [1.82, 2.24) is 9.55 Å². The molecule has 0 aromatic carbocycles. The summed E-state index contributed by atoms with van der Waals surface area (Å²) < 4.78 is 1.89. The molecule has 1 heterocycles. The summed E-state index contributed by atoms with van der Waals surface area (Å²) in [4.78, 5) is 5.75. The fraction of sp³-hybridized carbons (Fsp3) is 0.400. The lowest BCUT2D eigenvalue weighted by Gasteiger charge is -1.76. The van der Waals surface area contributed by atoms with E-state index < -0.39 is 0 Å². The molecule has 8 heavy (non-hydrogen) atoms. The molecule has 0 aliphatic heterocycles. The van der Waals surface area contributed by atoms with Gasteiger partial charge in [-0.05, 0) is 4.93 Å². The van der Waals surface area contributed by atoms with Gasteiger partial charge in [-0.1, -0.05) is 22.6 Å². The molecule has 0 aliphatic rings. The van der Waals surface area contributed by atoms with Crippen LogP contribution in [0.15, 0.2) is 18.7 Å². The molecule has 0 amide bonds. The van der Waals surface area contributed by atoms with Crippen LogP contribution in [-0.4, -0.2) is 14.5 Å². The number of hydrogen-bond donors (Lipinski definition) is 0. The predicted molar refractivity (Wildman–Crippen MR) is 43.2 cm³/mol. The highest BCUT2D eigenvalue weighted by atomic mass is 127. The zero-order valence-electron chi connectivity index (χ0n) is 5.00. The van der Waals surface area contributed by atoms with E-state index >= 15 is 0 Å². The molecule has 1 aromatic heterocycles. The number of imidazole rings is 1. The summed E-state index contributed by atoms with van der Waals surface area (Å²) in [5, 5.41) is 0. The number of alkyl halides is 1. The summed E-state index contributed by atoms with van der Waals surface area (Å²) >= 11 is 2.15. The van der Waals surface area contributed by atoms with E-state index in [0.29, 0.717) is 0 Å². The molecular weight excluding hydrogens is 215 g/mol. The van der Waals surface area contributed by atoms with Crippen molar-refractivity contribution in [1.29, 1.82) is 0 Å². The van der Waals surface area contributed by atoms with Gasteiger partial charge in [0.1, 0.15) is 0 Å². The second kappa shape index (κ2) is 5.08. The van der Waals surface area contributed by atoms with Crippen LogP contribution in [0.3, 0.4) is 0 Å². The summed E-state index contributed by atoms with van der Waals surface area (Å²) in [7, 11) is 1.94. The zero-order chi connectivity index (χ0) is 6.41. The highest BCUT2D eigenvalue weighted by molar-refractivity contribution is 14.1. The molecule has 1 aromatic rings. The molecule has 1 rings (SSSR count). The number of hydrogen-bond acceptors (Lipinski definition) is 1. The molecule has 0 aliphatic carbocycles. The van der Waals surface area contributed by atoms with Crippen molar-refractivity contribution in [3.05, 3.63) is 18.7 Å². The molecule has 3 heteroatoms. The Morgan fingerprint density at radius 3 is 2.25 bits per heavy atom. The highest BCUT2D eigenvalue weighted by Crippen LogP contribution is 1.73. The quantitative estimate of drug-likeness (QED) is 0.482. The molecule has 0 unspecified atom stereocenters. The Hall–Kier alpha value is -0.0600. The Morgan fingerprint density at radius 2 is 2.12 bits per heavy atom. The first-order valence-corrected chi connectivity index (χ1v) is 4.35. The van der Waals surface area contributed by atoms with Crippen molar-refractivity contribution < 1.29 is 0 Å². The van der Waals surface area contributed by atoms with Gasteiger partial charge in [-0.3, -0.25) is 0 Å². The van der Waals surface area contributed by atoms with Crippen LogP contribution < -0.4 is 0 Å². The smallest absolute Gasteiger partial charge is 0.0943 e. The van der Waals surface area contributed by atoms with Crippen molar-refractivity contribution in [2.24, 2.45) is 7.05 Å². The van der Waals surface area contributed by atoms with Crippen LogP contribution in [0.5, 0.6) is 0 Å². The molecule has 0 radical (unpaired) electrons. The number of aryl methyl sites for hydroxylation is 1. The molecule has 2 nitrogen and oxygen atoms in total. The summed E-state index contributed by atoms with van der Waals surface area (Å²) in [5.74, 6) is 0. The molecule has 0 N–H and O–H groups in total. The fourth-order valence-electron chi connectivity index (χ4n) is 0.326. The Bertz CT molecular complexity index is 114. The van der Waals surface area contributed by atoms with Gasteiger partial charge in [0.2, 0.25) is 0 Å². The van der Waals surface area contributed by atoms with E-state index in [1.807, 2.05) is 22.7 Å². The number of aromatic nitrogens is 2. The van der Waals surface area contributed by atoms with E-state index in [1.54, 1.807) is 12.5 Å². The van der Waals surface area contributed by atoms with Crippen LogP contribution in [-0.2, 0) is 7.05 Å². The maximum Gasteiger partial charge on any atom is 0.0943 e. The SMILES string of the molecule is CI.Cn1ccnc1. The lowest BCUT2D eigenvalue weighted by atomic mass is 10.9. The van der Waals surface area contributed by atoms with Crippen molar-refractivity contribution in [2.75, 3.05) is 4.93 Å².